The third-order valence-electron chi connectivity index (χ3n) is 5.54. The molecule has 6 heteroatoms. The van der Waals surface area contributed by atoms with Crippen LogP contribution in [0.3, 0.4) is 0 Å². The van der Waals surface area contributed by atoms with E-state index < -0.39 is 18.0 Å². The topological polar surface area (TPSA) is 110 Å². The van der Waals surface area contributed by atoms with Gasteiger partial charge in [-0.3, -0.25) is 9.59 Å². The van der Waals surface area contributed by atoms with Crippen LogP contribution in [0.5, 0.6) is 5.75 Å². The highest BCUT2D eigenvalue weighted by Gasteiger charge is 2.28. The number of aryl methyl sites for hydroxylation is 3. The molecule has 0 radical (unpaired) electrons. The number of phenols is 1. The lowest BCUT2D eigenvalue weighted by molar-refractivity contribution is -0.139. The van der Waals surface area contributed by atoms with E-state index in [0.29, 0.717) is 13.0 Å². The van der Waals surface area contributed by atoms with Crippen LogP contribution in [0.15, 0.2) is 42.5 Å². The first-order chi connectivity index (χ1) is 14.2. The molecule has 0 bridgehead atoms. The molecule has 0 spiro atoms. The Balaban J connectivity index is 2.04. The third-order valence-corrected chi connectivity index (χ3v) is 5.54. The van der Waals surface area contributed by atoms with E-state index in [1.165, 1.54) is 10.5 Å². The molecule has 0 aliphatic heterocycles. The smallest absolute Gasteiger partial charge is 0.240 e. The zero-order chi connectivity index (χ0) is 22.3. The fourth-order valence-electron chi connectivity index (χ4n) is 3.72. The van der Waals surface area contributed by atoms with E-state index in [9.17, 15) is 14.7 Å². The zero-order valence-electron chi connectivity index (χ0n) is 18.1. The van der Waals surface area contributed by atoms with Crippen molar-refractivity contribution in [2.45, 2.75) is 58.5 Å². The number of amides is 2. The minimum absolute atomic E-state index is 0.191. The van der Waals surface area contributed by atoms with Gasteiger partial charge in [0.05, 0.1) is 6.04 Å². The number of unbranched alkanes of at least 4 members (excludes halogenated alkanes) is 1. The van der Waals surface area contributed by atoms with E-state index >= 15 is 0 Å². The first-order valence-electron chi connectivity index (χ1n) is 10.4. The van der Waals surface area contributed by atoms with Crippen LogP contribution in [-0.2, 0) is 22.4 Å². The van der Waals surface area contributed by atoms with Gasteiger partial charge in [-0.15, -0.1) is 0 Å². The first-order valence-corrected chi connectivity index (χ1v) is 10.4. The molecule has 0 saturated heterocycles. The van der Waals surface area contributed by atoms with Crippen molar-refractivity contribution in [2.24, 2.45) is 11.5 Å². The lowest BCUT2D eigenvalue weighted by atomic mass is 9.95. The Bertz CT molecular complexity index is 844. The second-order valence-electron chi connectivity index (χ2n) is 7.92. The predicted molar refractivity (Wildman–Crippen MR) is 119 cm³/mol. The van der Waals surface area contributed by atoms with Crippen LogP contribution in [-0.4, -0.2) is 40.4 Å². The number of hydrogen-bond donors (Lipinski definition) is 3. The molecule has 2 amide bonds. The average molecular weight is 412 g/mol. The Morgan fingerprint density at radius 2 is 1.67 bits per heavy atom. The molecule has 6 nitrogen and oxygen atoms in total. The fraction of sp³-hybridized carbons (Fsp3) is 0.417. The van der Waals surface area contributed by atoms with Crippen LogP contribution in [0.1, 0.15) is 42.0 Å². The van der Waals surface area contributed by atoms with Crippen LogP contribution >= 0.6 is 0 Å². The molecule has 2 rings (SSSR count). The van der Waals surface area contributed by atoms with E-state index in [-0.39, 0.29) is 11.7 Å². The van der Waals surface area contributed by atoms with Gasteiger partial charge < -0.3 is 21.5 Å². The highest BCUT2D eigenvalue weighted by Crippen LogP contribution is 2.22. The maximum atomic E-state index is 13.1. The van der Waals surface area contributed by atoms with E-state index in [0.717, 1.165) is 36.0 Å². The van der Waals surface area contributed by atoms with Crippen molar-refractivity contribution in [1.29, 1.82) is 0 Å². The number of rotatable bonds is 10. The number of carbonyl (C=O) groups is 2. The summed E-state index contributed by atoms with van der Waals surface area (Å²) in [7, 11) is 0. The van der Waals surface area contributed by atoms with Crippen molar-refractivity contribution >= 4 is 11.8 Å². The van der Waals surface area contributed by atoms with Crippen LogP contribution < -0.4 is 11.5 Å². The Labute approximate surface area is 178 Å². The molecule has 2 aromatic rings. The molecular formula is C24H33N3O3. The highest BCUT2D eigenvalue weighted by molar-refractivity contribution is 5.89. The van der Waals surface area contributed by atoms with E-state index in [2.05, 4.69) is 12.1 Å². The van der Waals surface area contributed by atoms with Crippen LogP contribution in [0.2, 0.25) is 0 Å². The largest absolute Gasteiger partial charge is 0.508 e. The van der Waals surface area contributed by atoms with Gasteiger partial charge in [-0.25, -0.2) is 0 Å². The van der Waals surface area contributed by atoms with Crippen molar-refractivity contribution in [3.05, 3.63) is 64.7 Å². The molecule has 0 aliphatic carbocycles. The first kappa shape index (κ1) is 23.4. The summed E-state index contributed by atoms with van der Waals surface area (Å²) < 4.78 is 0. The van der Waals surface area contributed by atoms with Gasteiger partial charge in [-0.1, -0.05) is 30.3 Å². The van der Waals surface area contributed by atoms with Crippen molar-refractivity contribution in [2.75, 3.05) is 6.54 Å². The molecule has 0 aliphatic rings. The van der Waals surface area contributed by atoms with Gasteiger partial charge in [0.25, 0.3) is 0 Å². The van der Waals surface area contributed by atoms with Gasteiger partial charge in [-0.2, -0.15) is 0 Å². The molecule has 0 heterocycles. The van der Waals surface area contributed by atoms with E-state index in [1.54, 1.807) is 19.1 Å². The minimum atomic E-state index is -0.789. The molecule has 0 unspecified atom stereocenters. The van der Waals surface area contributed by atoms with Crippen LogP contribution in [0.25, 0.3) is 0 Å². The summed E-state index contributed by atoms with van der Waals surface area (Å²) in [6, 6.07) is 12.0. The maximum absolute atomic E-state index is 13.1. The molecular weight excluding hydrogens is 378 g/mol. The molecule has 30 heavy (non-hydrogen) atoms. The average Bonchev–Trinajstić information content (AvgIpc) is 2.70. The summed E-state index contributed by atoms with van der Waals surface area (Å²) in [5.41, 5.74) is 15.7. The lowest BCUT2D eigenvalue weighted by Gasteiger charge is -2.30. The summed E-state index contributed by atoms with van der Waals surface area (Å²) in [6.07, 6.45) is 2.89. The van der Waals surface area contributed by atoms with Crippen LogP contribution in [0, 0.1) is 13.8 Å². The quantitative estimate of drug-likeness (QED) is 0.522. The minimum Gasteiger partial charge on any atom is -0.508 e. The van der Waals surface area contributed by atoms with Crippen molar-refractivity contribution in [3.63, 3.8) is 0 Å². The fourth-order valence-corrected chi connectivity index (χ4v) is 3.72. The molecule has 0 aromatic heterocycles. The van der Waals surface area contributed by atoms with Crippen molar-refractivity contribution < 1.29 is 14.7 Å². The summed E-state index contributed by atoms with van der Waals surface area (Å²) >= 11 is 0. The Hall–Kier alpha value is -2.86. The third kappa shape index (κ3) is 6.32. The van der Waals surface area contributed by atoms with Gasteiger partial charge in [0, 0.05) is 6.54 Å². The Morgan fingerprint density at radius 3 is 2.23 bits per heavy atom. The molecule has 162 valence electrons. The Kier molecular flexibility index (Phi) is 8.42. The summed E-state index contributed by atoms with van der Waals surface area (Å²) in [5.74, 6) is -0.639. The van der Waals surface area contributed by atoms with Crippen molar-refractivity contribution in [3.8, 4) is 5.75 Å². The summed E-state index contributed by atoms with van der Waals surface area (Å²) in [5, 5.41) is 9.73. The highest BCUT2D eigenvalue weighted by atomic mass is 16.3. The number of hydrogen-bond acceptors (Lipinski definition) is 4. The second-order valence-corrected chi connectivity index (χ2v) is 7.92. The molecule has 0 saturated carbocycles. The SMILES string of the molecule is Cc1cc(O)cc(C)c1C[C@H](N)C(=O)N(CCCCc1ccccc1)[C@H](C)C(N)=O. The normalized spacial score (nSPS) is 12.9. The van der Waals surface area contributed by atoms with Crippen LogP contribution in [0.4, 0.5) is 0 Å². The Morgan fingerprint density at radius 1 is 1.07 bits per heavy atom. The van der Waals surface area contributed by atoms with E-state index in [4.69, 9.17) is 11.5 Å². The summed E-state index contributed by atoms with van der Waals surface area (Å²) in [6.45, 7) is 5.83. The number of nitrogens with two attached hydrogens (primary N) is 2. The van der Waals surface area contributed by atoms with Gasteiger partial charge in [0.2, 0.25) is 11.8 Å². The number of nitrogens with zero attached hydrogens (tertiary/aromatic N) is 1. The van der Waals surface area contributed by atoms with Gasteiger partial charge in [-0.05, 0) is 80.8 Å². The number of primary amides is 1. The van der Waals surface area contributed by atoms with Crippen molar-refractivity contribution in [1.82, 2.24) is 4.90 Å². The van der Waals surface area contributed by atoms with Gasteiger partial charge in [0.15, 0.2) is 0 Å². The second kappa shape index (κ2) is 10.8. The molecule has 2 aromatic carbocycles. The van der Waals surface area contributed by atoms with E-state index in [1.807, 2.05) is 32.0 Å². The zero-order valence-corrected chi connectivity index (χ0v) is 18.1. The van der Waals surface area contributed by atoms with Gasteiger partial charge in [0.1, 0.15) is 11.8 Å². The summed E-state index contributed by atoms with van der Waals surface area (Å²) in [4.78, 5) is 26.4. The number of benzene rings is 2. The standard InChI is InChI=1S/C24H33N3O3/c1-16-13-20(28)14-17(2)21(16)15-22(25)24(30)27(18(3)23(26)29)12-8-7-11-19-9-5-4-6-10-19/h4-6,9-10,13-14,18,22,28H,7-8,11-12,15,25H2,1-3H3,(H2,26,29)/t18-,22+/m1/s1. The predicted octanol–water partition coefficient (Wildman–Crippen LogP) is 2.60. The molecule has 0 fully saturated rings. The number of aromatic hydroxyl groups is 1. The number of carbonyl (C=O) groups excluding carboxylic acids is 2. The monoisotopic (exact) mass is 411 g/mol. The molecule has 5 N–H and O–H groups in total. The molecule has 2 atom stereocenters. The maximum Gasteiger partial charge on any atom is 0.240 e. The lowest BCUT2D eigenvalue weighted by Crippen LogP contribution is -2.53. The van der Waals surface area contributed by atoms with Gasteiger partial charge >= 0.3 is 0 Å². The number of phenolic OH excluding ortho intramolecular Hbond substituents is 1.